The molecule has 96 valence electrons. The van der Waals surface area contributed by atoms with Gasteiger partial charge < -0.3 is 4.42 Å². The maximum atomic E-state index is 6.00. The lowest BCUT2D eigenvalue weighted by Gasteiger charge is -1.97. The maximum absolute atomic E-state index is 6.00. The number of nitrogens with zero attached hydrogens (tertiary/aromatic N) is 1. The topological polar surface area (TPSA) is 26.0 Å². The fourth-order valence-electron chi connectivity index (χ4n) is 1.98. The molecule has 0 saturated heterocycles. The van der Waals surface area contributed by atoms with Gasteiger partial charge in [0.05, 0.1) is 0 Å². The van der Waals surface area contributed by atoms with Crippen LogP contribution in [0.1, 0.15) is 11.1 Å². The van der Waals surface area contributed by atoms with E-state index in [9.17, 15) is 0 Å². The Balaban J connectivity index is 2.20. The lowest BCUT2D eigenvalue weighted by atomic mass is 10.1. The summed E-state index contributed by atoms with van der Waals surface area (Å²) in [6.07, 6.45) is 0. The number of oxazole rings is 1. The molecule has 0 saturated carbocycles. The van der Waals surface area contributed by atoms with Crippen LogP contribution in [0.2, 0.25) is 10.0 Å². The Morgan fingerprint density at radius 1 is 0.895 bits per heavy atom. The van der Waals surface area contributed by atoms with Gasteiger partial charge in [0, 0.05) is 15.6 Å². The zero-order chi connectivity index (χ0) is 13.6. The number of benzene rings is 2. The van der Waals surface area contributed by atoms with Gasteiger partial charge in [-0.2, -0.15) is 0 Å². The van der Waals surface area contributed by atoms with Crippen LogP contribution in [-0.4, -0.2) is 4.98 Å². The molecule has 0 fully saturated rings. The van der Waals surface area contributed by atoms with Crippen LogP contribution in [0.5, 0.6) is 0 Å². The second-order valence-electron chi connectivity index (χ2n) is 4.58. The zero-order valence-corrected chi connectivity index (χ0v) is 12.0. The van der Waals surface area contributed by atoms with Crippen molar-refractivity contribution < 1.29 is 4.42 Å². The molecule has 0 amide bonds. The zero-order valence-electron chi connectivity index (χ0n) is 10.5. The lowest BCUT2D eigenvalue weighted by Crippen LogP contribution is -1.80. The van der Waals surface area contributed by atoms with Crippen molar-refractivity contribution in [2.24, 2.45) is 0 Å². The third kappa shape index (κ3) is 2.34. The van der Waals surface area contributed by atoms with E-state index in [1.807, 2.05) is 19.1 Å². The quantitative estimate of drug-likeness (QED) is 0.598. The molecular weight excluding hydrogens is 281 g/mol. The van der Waals surface area contributed by atoms with Crippen LogP contribution in [-0.2, 0) is 0 Å². The number of hydrogen-bond donors (Lipinski definition) is 0. The van der Waals surface area contributed by atoms with Crippen LogP contribution in [0.3, 0.4) is 0 Å². The summed E-state index contributed by atoms with van der Waals surface area (Å²) < 4.78 is 5.77. The van der Waals surface area contributed by atoms with Crippen molar-refractivity contribution in [3.63, 3.8) is 0 Å². The van der Waals surface area contributed by atoms with Gasteiger partial charge >= 0.3 is 0 Å². The highest BCUT2D eigenvalue weighted by Crippen LogP contribution is 2.30. The van der Waals surface area contributed by atoms with Crippen LogP contribution in [0.25, 0.3) is 22.6 Å². The standard InChI is InChI=1S/C15H11Cl2NO/c1-8-3-13-14(4-9(8)2)19-15(18-13)10-5-11(16)7-12(17)6-10/h3-7H,1-2H3. The molecule has 0 unspecified atom stereocenters. The van der Waals surface area contributed by atoms with Gasteiger partial charge in [-0.25, -0.2) is 4.98 Å². The Kier molecular flexibility index (Phi) is 3.00. The van der Waals surface area contributed by atoms with Gasteiger partial charge in [0.2, 0.25) is 5.89 Å². The molecule has 0 aliphatic rings. The third-order valence-electron chi connectivity index (χ3n) is 3.11. The Morgan fingerprint density at radius 3 is 2.21 bits per heavy atom. The number of rotatable bonds is 1. The minimum atomic E-state index is 0.532. The molecule has 0 aliphatic heterocycles. The van der Waals surface area contributed by atoms with Gasteiger partial charge in [0.25, 0.3) is 0 Å². The summed E-state index contributed by atoms with van der Waals surface area (Å²) >= 11 is 12.0. The van der Waals surface area contributed by atoms with Crippen molar-refractivity contribution in [3.05, 3.63) is 51.5 Å². The first kappa shape index (κ1) is 12.5. The fourth-order valence-corrected chi connectivity index (χ4v) is 2.51. The maximum Gasteiger partial charge on any atom is 0.227 e. The van der Waals surface area contributed by atoms with E-state index in [2.05, 4.69) is 11.9 Å². The van der Waals surface area contributed by atoms with Crippen LogP contribution < -0.4 is 0 Å². The second kappa shape index (κ2) is 4.55. The van der Waals surface area contributed by atoms with Gasteiger partial charge in [-0.05, 0) is 55.3 Å². The van der Waals surface area contributed by atoms with Crippen molar-refractivity contribution in [1.82, 2.24) is 4.98 Å². The third-order valence-corrected chi connectivity index (χ3v) is 3.55. The monoisotopic (exact) mass is 291 g/mol. The first-order chi connectivity index (χ1) is 9.02. The molecular formula is C15H11Cl2NO. The highest BCUT2D eigenvalue weighted by atomic mass is 35.5. The SMILES string of the molecule is Cc1cc2nc(-c3cc(Cl)cc(Cl)c3)oc2cc1C. The Hall–Kier alpha value is -1.51. The van der Waals surface area contributed by atoms with E-state index in [0.29, 0.717) is 15.9 Å². The van der Waals surface area contributed by atoms with Gasteiger partial charge in [-0.15, -0.1) is 0 Å². The lowest BCUT2D eigenvalue weighted by molar-refractivity contribution is 0.619. The molecule has 0 radical (unpaired) electrons. The van der Waals surface area contributed by atoms with Gasteiger partial charge in [-0.1, -0.05) is 23.2 Å². The Bertz CT molecular complexity index is 718. The normalized spacial score (nSPS) is 11.2. The smallest absolute Gasteiger partial charge is 0.227 e. The van der Waals surface area contributed by atoms with Crippen molar-refractivity contribution >= 4 is 34.3 Å². The molecule has 0 N–H and O–H groups in total. The first-order valence-electron chi connectivity index (χ1n) is 5.87. The van der Waals surface area contributed by atoms with E-state index in [1.165, 1.54) is 11.1 Å². The summed E-state index contributed by atoms with van der Waals surface area (Å²) in [6, 6.07) is 9.27. The van der Waals surface area contributed by atoms with E-state index < -0.39 is 0 Å². The van der Waals surface area contributed by atoms with Crippen LogP contribution in [0.15, 0.2) is 34.7 Å². The minimum absolute atomic E-state index is 0.532. The average Bonchev–Trinajstić information content (AvgIpc) is 2.71. The summed E-state index contributed by atoms with van der Waals surface area (Å²) in [5.41, 5.74) is 4.77. The number of hydrogen-bond acceptors (Lipinski definition) is 2. The Labute approximate surface area is 121 Å². The number of aryl methyl sites for hydroxylation is 2. The van der Waals surface area contributed by atoms with Crippen LogP contribution >= 0.6 is 23.2 Å². The van der Waals surface area contributed by atoms with Gasteiger partial charge in [0.1, 0.15) is 5.52 Å². The number of fused-ring (bicyclic) bond motifs is 1. The van der Waals surface area contributed by atoms with Gasteiger partial charge in [0.15, 0.2) is 5.58 Å². The largest absolute Gasteiger partial charge is 0.436 e. The van der Waals surface area contributed by atoms with E-state index in [0.717, 1.165) is 16.7 Å². The van der Waals surface area contributed by atoms with Crippen molar-refractivity contribution in [3.8, 4) is 11.5 Å². The highest BCUT2D eigenvalue weighted by molar-refractivity contribution is 6.35. The van der Waals surface area contributed by atoms with Gasteiger partial charge in [-0.3, -0.25) is 0 Å². The molecule has 1 heterocycles. The summed E-state index contributed by atoms with van der Waals surface area (Å²) in [5.74, 6) is 0.532. The summed E-state index contributed by atoms with van der Waals surface area (Å²) in [4.78, 5) is 4.48. The molecule has 1 aromatic heterocycles. The predicted molar refractivity (Wildman–Crippen MR) is 78.9 cm³/mol. The highest BCUT2D eigenvalue weighted by Gasteiger charge is 2.10. The molecule has 4 heteroatoms. The minimum Gasteiger partial charge on any atom is -0.436 e. The molecule has 0 aliphatic carbocycles. The fraction of sp³-hybridized carbons (Fsp3) is 0.133. The van der Waals surface area contributed by atoms with E-state index in [4.69, 9.17) is 27.6 Å². The molecule has 2 nitrogen and oxygen atoms in total. The molecule has 0 spiro atoms. The van der Waals surface area contributed by atoms with E-state index in [1.54, 1.807) is 18.2 Å². The molecule has 3 rings (SSSR count). The summed E-state index contributed by atoms with van der Waals surface area (Å²) in [6.45, 7) is 4.10. The van der Waals surface area contributed by atoms with E-state index >= 15 is 0 Å². The molecule has 2 aromatic carbocycles. The summed E-state index contributed by atoms with van der Waals surface area (Å²) in [5, 5.41) is 1.13. The van der Waals surface area contributed by atoms with Crippen molar-refractivity contribution in [2.75, 3.05) is 0 Å². The van der Waals surface area contributed by atoms with Crippen LogP contribution in [0.4, 0.5) is 0 Å². The predicted octanol–water partition coefficient (Wildman–Crippen LogP) is 5.42. The van der Waals surface area contributed by atoms with Crippen molar-refractivity contribution in [1.29, 1.82) is 0 Å². The second-order valence-corrected chi connectivity index (χ2v) is 5.45. The molecule has 0 bridgehead atoms. The van der Waals surface area contributed by atoms with Crippen LogP contribution in [0, 0.1) is 13.8 Å². The molecule has 3 aromatic rings. The summed E-state index contributed by atoms with van der Waals surface area (Å²) in [7, 11) is 0. The molecule has 0 atom stereocenters. The van der Waals surface area contributed by atoms with E-state index in [-0.39, 0.29) is 0 Å². The van der Waals surface area contributed by atoms with Crippen molar-refractivity contribution in [2.45, 2.75) is 13.8 Å². The average molecular weight is 292 g/mol. The Morgan fingerprint density at radius 2 is 1.53 bits per heavy atom. The first-order valence-corrected chi connectivity index (χ1v) is 6.63. The number of halogens is 2. The molecule has 19 heavy (non-hydrogen) atoms. The number of aromatic nitrogens is 1.